The van der Waals surface area contributed by atoms with Crippen LogP contribution in [0.25, 0.3) is 0 Å². The standard InChI is InChI=1S/C21H26N2O3S/c1-2-4-17-6-8-18(9-7-17)26-16-21(25)23-12-10-22(11-13-23)20(24)15-19-5-3-14-27-19/h3,5-9,14H,2,4,10-13,15-16H2,1H3. The molecule has 0 aliphatic carbocycles. The van der Waals surface area contributed by atoms with Gasteiger partial charge in [-0.15, -0.1) is 11.3 Å². The van der Waals surface area contributed by atoms with Crippen LogP contribution in [0.15, 0.2) is 41.8 Å². The number of nitrogens with zero attached hydrogens (tertiary/aromatic N) is 2. The number of amides is 2. The number of carbonyl (C=O) groups is 2. The lowest BCUT2D eigenvalue weighted by Crippen LogP contribution is -2.51. The molecule has 6 heteroatoms. The van der Waals surface area contributed by atoms with Gasteiger partial charge in [-0.3, -0.25) is 9.59 Å². The Kier molecular flexibility index (Phi) is 6.87. The number of piperazine rings is 1. The van der Waals surface area contributed by atoms with E-state index in [2.05, 4.69) is 6.92 Å². The average molecular weight is 387 g/mol. The molecule has 0 saturated carbocycles. The fourth-order valence-electron chi connectivity index (χ4n) is 3.16. The summed E-state index contributed by atoms with van der Waals surface area (Å²) >= 11 is 1.60. The molecule has 1 aliphatic heterocycles. The van der Waals surface area contributed by atoms with Gasteiger partial charge in [-0.25, -0.2) is 0 Å². The summed E-state index contributed by atoms with van der Waals surface area (Å²) in [5.74, 6) is 0.818. The quantitative estimate of drug-likeness (QED) is 0.735. The van der Waals surface area contributed by atoms with E-state index in [1.54, 1.807) is 16.2 Å². The highest BCUT2D eigenvalue weighted by molar-refractivity contribution is 7.10. The van der Waals surface area contributed by atoms with Gasteiger partial charge in [-0.2, -0.15) is 0 Å². The Morgan fingerprint density at radius 3 is 2.26 bits per heavy atom. The highest BCUT2D eigenvalue weighted by atomic mass is 32.1. The Balaban J connectivity index is 1.41. The first-order valence-electron chi connectivity index (χ1n) is 9.45. The Morgan fingerprint density at radius 1 is 1.00 bits per heavy atom. The van der Waals surface area contributed by atoms with Gasteiger partial charge in [0.2, 0.25) is 5.91 Å². The smallest absolute Gasteiger partial charge is 0.260 e. The van der Waals surface area contributed by atoms with Crippen molar-refractivity contribution in [2.75, 3.05) is 32.8 Å². The minimum Gasteiger partial charge on any atom is -0.484 e. The van der Waals surface area contributed by atoms with Gasteiger partial charge in [-0.05, 0) is 35.6 Å². The van der Waals surface area contributed by atoms with Crippen molar-refractivity contribution in [2.24, 2.45) is 0 Å². The summed E-state index contributed by atoms with van der Waals surface area (Å²) in [7, 11) is 0. The largest absolute Gasteiger partial charge is 0.484 e. The highest BCUT2D eigenvalue weighted by Crippen LogP contribution is 2.14. The number of aryl methyl sites for hydroxylation is 1. The molecule has 2 heterocycles. The van der Waals surface area contributed by atoms with Crippen LogP contribution in [0.4, 0.5) is 0 Å². The number of carbonyl (C=O) groups excluding carboxylic acids is 2. The van der Waals surface area contributed by atoms with E-state index in [1.165, 1.54) is 5.56 Å². The van der Waals surface area contributed by atoms with Crippen molar-refractivity contribution in [2.45, 2.75) is 26.2 Å². The van der Waals surface area contributed by atoms with E-state index in [0.717, 1.165) is 17.7 Å². The van der Waals surface area contributed by atoms with Crippen molar-refractivity contribution >= 4 is 23.2 Å². The summed E-state index contributed by atoms with van der Waals surface area (Å²) in [4.78, 5) is 29.4. The number of benzene rings is 1. The summed E-state index contributed by atoms with van der Waals surface area (Å²) in [5, 5.41) is 1.98. The lowest BCUT2D eigenvalue weighted by atomic mass is 10.1. The molecule has 144 valence electrons. The fraction of sp³-hybridized carbons (Fsp3) is 0.429. The number of ether oxygens (including phenoxy) is 1. The summed E-state index contributed by atoms with van der Waals surface area (Å²) in [6, 6.07) is 11.9. The molecule has 0 N–H and O–H groups in total. The maximum absolute atomic E-state index is 12.4. The Labute approximate surface area is 164 Å². The maximum atomic E-state index is 12.4. The predicted molar refractivity (Wildman–Crippen MR) is 107 cm³/mol. The first-order valence-corrected chi connectivity index (χ1v) is 10.3. The van der Waals surface area contributed by atoms with Gasteiger partial charge in [0.15, 0.2) is 6.61 Å². The molecule has 3 rings (SSSR count). The van der Waals surface area contributed by atoms with Gasteiger partial charge in [-0.1, -0.05) is 31.5 Å². The molecule has 1 aliphatic rings. The summed E-state index contributed by atoms with van der Waals surface area (Å²) in [5.41, 5.74) is 1.28. The maximum Gasteiger partial charge on any atom is 0.260 e. The van der Waals surface area contributed by atoms with Crippen molar-refractivity contribution in [1.29, 1.82) is 0 Å². The number of hydrogen-bond acceptors (Lipinski definition) is 4. The molecular weight excluding hydrogens is 360 g/mol. The molecule has 2 amide bonds. The SMILES string of the molecule is CCCc1ccc(OCC(=O)N2CCN(C(=O)Cc3cccs3)CC2)cc1. The number of rotatable bonds is 7. The Bertz CT molecular complexity index is 735. The molecular formula is C21H26N2O3S. The second-order valence-corrected chi connectivity index (χ2v) is 7.73. The number of thiophene rings is 1. The molecule has 27 heavy (non-hydrogen) atoms. The second kappa shape index (κ2) is 9.55. The van der Waals surface area contributed by atoms with Gasteiger partial charge in [0.05, 0.1) is 6.42 Å². The lowest BCUT2D eigenvalue weighted by Gasteiger charge is -2.34. The van der Waals surface area contributed by atoms with E-state index >= 15 is 0 Å². The van der Waals surface area contributed by atoms with Gasteiger partial charge in [0, 0.05) is 31.1 Å². The van der Waals surface area contributed by atoms with Crippen molar-refractivity contribution < 1.29 is 14.3 Å². The third kappa shape index (κ3) is 5.57. The monoisotopic (exact) mass is 386 g/mol. The van der Waals surface area contributed by atoms with Crippen molar-refractivity contribution in [3.05, 3.63) is 52.2 Å². The van der Waals surface area contributed by atoms with E-state index < -0.39 is 0 Å². The lowest BCUT2D eigenvalue weighted by molar-refractivity contribution is -0.140. The van der Waals surface area contributed by atoms with Crippen LogP contribution in [-0.2, 0) is 22.4 Å². The molecule has 1 saturated heterocycles. The normalized spacial score (nSPS) is 14.3. The molecule has 5 nitrogen and oxygen atoms in total. The minimum absolute atomic E-state index is 0.0296. The van der Waals surface area contributed by atoms with Crippen molar-refractivity contribution in [3.63, 3.8) is 0 Å². The molecule has 0 bridgehead atoms. The topological polar surface area (TPSA) is 49.9 Å². The van der Waals surface area contributed by atoms with E-state index in [-0.39, 0.29) is 18.4 Å². The van der Waals surface area contributed by atoms with Crippen LogP contribution in [0.2, 0.25) is 0 Å². The second-order valence-electron chi connectivity index (χ2n) is 6.70. The molecule has 0 radical (unpaired) electrons. The van der Waals surface area contributed by atoms with Crippen LogP contribution in [-0.4, -0.2) is 54.4 Å². The Hall–Kier alpha value is -2.34. The van der Waals surface area contributed by atoms with Crippen LogP contribution >= 0.6 is 11.3 Å². The van der Waals surface area contributed by atoms with E-state index in [4.69, 9.17) is 4.74 Å². The average Bonchev–Trinajstić information content (AvgIpc) is 3.20. The van der Waals surface area contributed by atoms with Crippen LogP contribution in [0.5, 0.6) is 5.75 Å². The highest BCUT2D eigenvalue weighted by Gasteiger charge is 2.24. The Morgan fingerprint density at radius 2 is 1.67 bits per heavy atom. The third-order valence-corrected chi connectivity index (χ3v) is 5.59. The fourth-order valence-corrected chi connectivity index (χ4v) is 3.85. The third-order valence-electron chi connectivity index (χ3n) is 4.71. The molecule has 0 spiro atoms. The van der Waals surface area contributed by atoms with E-state index in [9.17, 15) is 9.59 Å². The molecule has 1 aromatic heterocycles. The van der Waals surface area contributed by atoms with Gasteiger partial charge in [0.25, 0.3) is 5.91 Å². The first-order chi connectivity index (χ1) is 13.2. The van der Waals surface area contributed by atoms with Gasteiger partial charge in [0.1, 0.15) is 5.75 Å². The molecule has 2 aromatic rings. The summed E-state index contributed by atoms with van der Waals surface area (Å²) < 4.78 is 5.63. The van der Waals surface area contributed by atoms with Crippen LogP contribution < -0.4 is 4.74 Å². The first kappa shape index (κ1) is 19.4. The summed E-state index contributed by atoms with van der Waals surface area (Å²) in [6.07, 6.45) is 2.61. The van der Waals surface area contributed by atoms with Crippen molar-refractivity contribution in [1.82, 2.24) is 9.80 Å². The predicted octanol–water partition coefficient (Wildman–Crippen LogP) is 2.99. The van der Waals surface area contributed by atoms with Crippen LogP contribution in [0.3, 0.4) is 0 Å². The van der Waals surface area contributed by atoms with Crippen LogP contribution in [0, 0.1) is 0 Å². The van der Waals surface area contributed by atoms with Crippen LogP contribution in [0.1, 0.15) is 23.8 Å². The minimum atomic E-state index is -0.0296. The zero-order chi connectivity index (χ0) is 19.1. The van der Waals surface area contributed by atoms with Gasteiger partial charge < -0.3 is 14.5 Å². The molecule has 1 fully saturated rings. The van der Waals surface area contributed by atoms with Gasteiger partial charge >= 0.3 is 0 Å². The number of hydrogen-bond donors (Lipinski definition) is 0. The molecule has 0 atom stereocenters. The zero-order valence-electron chi connectivity index (χ0n) is 15.7. The zero-order valence-corrected chi connectivity index (χ0v) is 16.5. The van der Waals surface area contributed by atoms with E-state index in [0.29, 0.717) is 38.3 Å². The van der Waals surface area contributed by atoms with E-state index in [1.807, 2.05) is 46.7 Å². The molecule has 0 unspecified atom stereocenters. The molecule has 1 aromatic carbocycles. The van der Waals surface area contributed by atoms with Crippen molar-refractivity contribution in [3.8, 4) is 5.75 Å². The summed E-state index contributed by atoms with van der Waals surface area (Å²) in [6.45, 7) is 4.49.